The number of fused-ring (bicyclic) bond motifs is 1. The van der Waals surface area contributed by atoms with Gasteiger partial charge in [-0.25, -0.2) is 0 Å². The monoisotopic (exact) mass is 347 g/mol. The van der Waals surface area contributed by atoms with E-state index in [0.717, 1.165) is 29.4 Å². The average Bonchev–Trinajstić information content (AvgIpc) is 2.81. The van der Waals surface area contributed by atoms with Gasteiger partial charge in [-0.15, -0.1) is 0 Å². The van der Waals surface area contributed by atoms with Gasteiger partial charge in [0.25, 0.3) is 0 Å². The first-order valence-corrected chi connectivity index (χ1v) is 8.64. The molecule has 0 saturated heterocycles. The normalized spacial score (nSPS) is 14.6. The molecule has 124 valence electrons. The van der Waals surface area contributed by atoms with Crippen LogP contribution in [0.15, 0.2) is 66.9 Å². The van der Waals surface area contributed by atoms with E-state index < -0.39 is 0 Å². The smallest absolute Gasteiger partial charge is 0.0929 e. The summed E-state index contributed by atoms with van der Waals surface area (Å²) in [6.45, 7) is 1.81. The summed E-state index contributed by atoms with van der Waals surface area (Å²) in [6.07, 6.45) is 3.99. The van der Waals surface area contributed by atoms with E-state index in [9.17, 15) is 0 Å². The number of nitrogens with zero attached hydrogens (tertiary/aromatic N) is 3. The Hall–Kier alpha value is -2.49. The Morgan fingerprint density at radius 1 is 1.00 bits per heavy atom. The summed E-state index contributed by atoms with van der Waals surface area (Å²) in [5.41, 5.74) is 6.99. The molecule has 0 amide bonds. The summed E-state index contributed by atoms with van der Waals surface area (Å²) in [4.78, 5) is 2.31. The van der Waals surface area contributed by atoms with Crippen LogP contribution in [-0.2, 0) is 6.54 Å². The van der Waals surface area contributed by atoms with Gasteiger partial charge in [0, 0.05) is 29.9 Å². The van der Waals surface area contributed by atoms with E-state index in [4.69, 9.17) is 11.6 Å². The van der Waals surface area contributed by atoms with Crippen LogP contribution < -0.4 is 0 Å². The predicted octanol–water partition coefficient (Wildman–Crippen LogP) is 4.67. The summed E-state index contributed by atoms with van der Waals surface area (Å²) >= 11 is 6.05. The van der Waals surface area contributed by atoms with Gasteiger partial charge in [-0.3, -0.25) is 4.90 Å². The molecule has 1 aromatic heterocycles. The van der Waals surface area contributed by atoms with Crippen molar-refractivity contribution in [1.29, 1.82) is 0 Å². The van der Waals surface area contributed by atoms with E-state index in [-0.39, 0.29) is 0 Å². The largest absolute Gasteiger partial charge is 0.298 e. The Bertz CT molecular complexity index is 918. The van der Waals surface area contributed by atoms with Crippen molar-refractivity contribution in [2.75, 3.05) is 13.6 Å². The minimum atomic E-state index is 0.758. The molecule has 0 atom stereocenters. The maximum absolute atomic E-state index is 6.05. The van der Waals surface area contributed by atoms with Crippen LogP contribution in [-0.4, -0.2) is 28.7 Å². The molecule has 25 heavy (non-hydrogen) atoms. The Morgan fingerprint density at radius 2 is 1.80 bits per heavy atom. The lowest BCUT2D eigenvalue weighted by Gasteiger charge is -2.15. The molecule has 1 aliphatic heterocycles. The first-order valence-electron chi connectivity index (χ1n) is 8.27. The molecule has 0 bridgehead atoms. The molecular weight excluding hydrogens is 330 g/mol. The first kappa shape index (κ1) is 16.0. The summed E-state index contributed by atoms with van der Waals surface area (Å²) in [5, 5.41) is 8.99. The van der Waals surface area contributed by atoms with E-state index in [1.807, 2.05) is 24.3 Å². The van der Waals surface area contributed by atoms with Crippen molar-refractivity contribution < 1.29 is 0 Å². The predicted molar refractivity (Wildman–Crippen MR) is 102 cm³/mol. The highest BCUT2D eigenvalue weighted by molar-refractivity contribution is 6.30. The highest BCUT2D eigenvalue weighted by atomic mass is 35.5. The molecule has 1 aliphatic rings. The zero-order valence-corrected chi connectivity index (χ0v) is 14.7. The maximum Gasteiger partial charge on any atom is 0.0929 e. The number of halogens is 1. The lowest BCUT2D eigenvalue weighted by molar-refractivity contribution is 0.366. The lowest BCUT2D eigenvalue weighted by atomic mass is 9.92. The van der Waals surface area contributed by atoms with Crippen LogP contribution in [0, 0.1) is 0 Å². The average molecular weight is 348 g/mol. The highest BCUT2D eigenvalue weighted by Gasteiger charge is 2.16. The van der Waals surface area contributed by atoms with Gasteiger partial charge in [-0.1, -0.05) is 41.9 Å². The molecule has 3 aromatic rings. The van der Waals surface area contributed by atoms with Crippen LogP contribution >= 0.6 is 11.6 Å². The van der Waals surface area contributed by atoms with Gasteiger partial charge in [0.15, 0.2) is 0 Å². The van der Waals surface area contributed by atoms with Crippen molar-refractivity contribution in [2.24, 2.45) is 0 Å². The topological polar surface area (TPSA) is 29.0 Å². The van der Waals surface area contributed by atoms with Crippen LogP contribution in [0.4, 0.5) is 0 Å². The fourth-order valence-electron chi connectivity index (χ4n) is 3.22. The quantitative estimate of drug-likeness (QED) is 0.674. The number of rotatable bonds is 2. The third-order valence-electron chi connectivity index (χ3n) is 4.47. The molecule has 0 N–H and O–H groups in total. The van der Waals surface area contributed by atoms with E-state index in [1.54, 1.807) is 6.20 Å². The fourth-order valence-corrected chi connectivity index (χ4v) is 3.34. The SMILES string of the molecule is CN1CC=C(c2ccc(Cl)cc2)c2ccc(-c3cccnn3)cc2C1. The third kappa shape index (κ3) is 3.34. The Balaban J connectivity index is 1.81. The molecule has 2 heterocycles. The van der Waals surface area contributed by atoms with Crippen molar-refractivity contribution in [3.05, 3.63) is 88.6 Å². The molecule has 0 fully saturated rings. The zero-order valence-electron chi connectivity index (χ0n) is 14.0. The molecule has 4 heteroatoms. The molecule has 2 aromatic carbocycles. The Morgan fingerprint density at radius 3 is 2.56 bits per heavy atom. The Labute approximate surface area is 152 Å². The van der Waals surface area contributed by atoms with Gasteiger partial charge in [0.2, 0.25) is 0 Å². The van der Waals surface area contributed by atoms with Crippen LogP contribution in [0.1, 0.15) is 16.7 Å². The van der Waals surface area contributed by atoms with E-state index in [0.29, 0.717) is 0 Å². The fraction of sp³-hybridized carbons (Fsp3) is 0.143. The van der Waals surface area contributed by atoms with Gasteiger partial charge < -0.3 is 0 Å². The van der Waals surface area contributed by atoms with Gasteiger partial charge in [-0.2, -0.15) is 10.2 Å². The molecule has 0 spiro atoms. The number of aromatic nitrogens is 2. The number of benzene rings is 2. The molecule has 0 radical (unpaired) electrons. The van der Waals surface area contributed by atoms with Crippen LogP contribution in [0.25, 0.3) is 16.8 Å². The van der Waals surface area contributed by atoms with Crippen LogP contribution in [0.5, 0.6) is 0 Å². The van der Waals surface area contributed by atoms with Crippen molar-refractivity contribution in [2.45, 2.75) is 6.54 Å². The molecule has 3 nitrogen and oxygen atoms in total. The summed E-state index contributed by atoms with van der Waals surface area (Å²) in [5.74, 6) is 0. The molecule has 0 aliphatic carbocycles. The second-order valence-electron chi connectivity index (χ2n) is 6.30. The number of hydrogen-bond acceptors (Lipinski definition) is 3. The first-order chi connectivity index (χ1) is 12.2. The third-order valence-corrected chi connectivity index (χ3v) is 4.72. The van der Waals surface area contributed by atoms with E-state index >= 15 is 0 Å². The van der Waals surface area contributed by atoms with Crippen molar-refractivity contribution in [3.8, 4) is 11.3 Å². The van der Waals surface area contributed by atoms with Gasteiger partial charge in [0.05, 0.1) is 5.69 Å². The van der Waals surface area contributed by atoms with Crippen LogP contribution in [0.3, 0.4) is 0 Å². The van der Waals surface area contributed by atoms with Gasteiger partial charge >= 0.3 is 0 Å². The lowest BCUT2D eigenvalue weighted by Crippen LogP contribution is -2.16. The minimum Gasteiger partial charge on any atom is -0.298 e. The van der Waals surface area contributed by atoms with Crippen molar-refractivity contribution in [3.63, 3.8) is 0 Å². The van der Waals surface area contributed by atoms with Gasteiger partial charge in [0.1, 0.15) is 0 Å². The highest BCUT2D eigenvalue weighted by Crippen LogP contribution is 2.32. The Kier molecular flexibility index (Phi) is 4.35. The zero-order chi connectivity index (χ0) is 17.2. The second kappa shape index (κ2) is 6.79. The maximum atomic E-state index is 6.05. The standard InChI is InChI=1S/C21H18ClN3/c1-25-12-10-20(15-4-7-18(22)8-5-15)19-9-6-16(13-17(19)14-25)21-3-2-11-23-24-21/h2-11,13H,12,14H2,1H3. The van der Waals surface area contributed by atoms with Crippen molar-refractivity contribution in [1.82, 2.24) is 15.1 Å². The summed E-state index contributed by atoms with van der Waals surface area (Å²) in [6, 6.07) is 18.5. The number of hydrogen-bond donors (Lipinski definition) is 0. The summed E-state index contributed by atoms with van der Waals surface area (Å²) in [7, 11) is 2.14. The van der Waals surface area contributed by atoms with Gasteiger partial charge in [-0.05, 0) is 59.6 Å². The molecule has 0 saturated carbocycles. The molecular formula is C21H18ClN3. The van der Waals surface area contributed by atoms with Crippen molar-refractivity contribution >= 4 is 17.2 Å². The van der Waals surface area contributed by atoms with Crippen LogP contribution in [0.2, 0.25) is 5.02 Å². The van der Waals surface area contributed by atoms with E-state index in [1.165, 1.54) is 22.3 Å². The number of likely N-dealkylation sites (N-methyl/N-ethyl adjacent to an activating group) is 1. The second-order valence-corrected chi connectivity index (χ2v) is 6.74. The minimum absolute atomic E-state index is 0.758. The van der Waals surface area contributed by atoms with E-state index in [2.05, 4.69) is 58.6 Å². The molecule has 4 rings (SSSR count). The molecule has 0 unspecified atom stereocenters. The summed E-state index contributed by atoms with van der Waals surface area (Å²) < 4.78 is 0.